The first-order valence-electron chi connectivity index (χ1n) is 8.97. The third-order valence-corrected chi connectivity index (χ3v) is 5.98. The molecule has 0 radical (unpaired) electrons. The summed E-state index contributed by atoms with van der Waals surface area (Å²) in [6.07, 6.45) is 4.06. The van der Waals surface area contributed by atoms with Crippen LogP contribution in [-0.2, 0) is 12.8 Å². The molecule has 3 nitrogen and oxygen atoms in total. The van der Waals surface area contributed by atoms with E-state index in [1.807, 2.05) is 24.3 Å². The quantitative estimate of drug-likeness (QED) is 0.824. The highest BCUT2D eigenvalue weighted by molar-refractivity contribution is 6.30. The molecule has 3 N–H and O–H groups in total. The zero-order chi connectivity index (χ0) is 17.9. The minimum Gasteiger partial charge on any atom is -0.508 e. The predicted molar refractivity (Wildman–Crippen MR) is 104 cm³/mol. The molecule has 1 fully saturated rings. The number of halogens is 1. The van der Waals surface area contributed by atoms with Crippen LogP contribution in [0.15, 0.2) is 48.5 Å². The van der Waals surface area contributed by atoms with Crippen LogP contribution in [0.2, 0.25) is 5.02 Å². The number of nitrogens with zero attached hydrogens (tertiary/aromatic N) is 1. The number of benzene rings is 2. The molecule has 4 heteroatoms. The van der Waals surface area contributed by atoms with Crippen molar-refractivity contribution in [2.45, 2.75) is 31.2 Å². The third kappa shape index (κ3) is 4.00. The standard InChI is InChI=1S/C21H27ClN2O/c1-24-12-9-18(13-17-3-2-4-20(25)14-17)21(24,10-11-23)15-16-5-7-19(22)8-6-16/h2-8,14,18,25H,9-13,15,23H2,1H3/t18-,21-/m1/s1. The van der Waals surface area contributed by atoms with Gasteiger partial charge in [-0.15, -0.1) is 0 Å². The van der Waals surface area contributed by atoms with Crippen LogP contribution in [0.3, 0.4) is 0 Å². The first kappa shape index (κ1) is 18.2. The molecule has 0 bridgehead atoms. The number of phenolic OH excluding ortho intramolecular Hbond substituents is 1. The lowest BCUT2D eigenvalue weighted by Gasteiger charge is -2.41. The zero-order valence-corrected chi connectivity index (χ0v) is 15.5. The number of likely N-dealkylation sites (N-methyl/N-ethyl adjacent to an activating group) is 1. The topological polar surface area (TPSA) is 49.5 Å². The molecule has 0 aromatic heterocycles. The van der Waals surface area contributed by atoms with Crippen molar-refractivity contribution in [3.05, 3.63) is 64.7 Å². The highest BCUT2D eigenvalue weighted by atomic mass is 35.5. The van der Waals surface area contributed by atoms with Crippen LogP contribution in [-0.4, -0.2) is 35.7 Å². The Kier molecular flexibility index (Phi) is 5.67. The average Bonchev–Trinajstić information content (AvgIpc) is 2.87. The molecule has 0 aliphatic carbocycles. The molecule has 1 saturated heterocycles. The number of hydrogen-bond donors (Lipinski definition) is 2. The van der Waals surface area contributed by atoms with Crippen molar-refractivity contribution >= 4 is 11.6 Å². The number of phenols is 1. The van der Waals surface area contributed by atoms with Gasteiger partial charge in [0.05, 0.1) is 0 Å². The van der Waals surface area contributed by atoms with E-state index in [2.05, 4.69) is 30.1 Å². The molecule has 3 rings (SSSR count). The molecular weight excluding hydrogens is 332 g/mol. The van der Waals surface area contributed by atoms with Crippen LogP contribution in [0, 0.1) is 5.92 Å². The summed E-state index contributed by atoms with van der Waals surface area (Å²) in [7, 11) is 2.22. The van der Waals surface area contributed by atoms with Gasteiger partial charge >= 0.3 is 0 Å². The van der Waals surface area contributed by atoms with Gasteiger partial charge in [-0.3, -0.25) is 0 Å². The highest BCUT2D eigenvalue weighted by Gasteiger charge is 2.45. The van der Waals surface area contributed by atoms with E-state index in [1.54, 1.807) is 6.07 Å². The fraction of sp³-hybridized carbons (Fsp3) is 0.429. The molecule has 2 atom stereocenters. The second-order valence-corrected chi connectivity index (χ2v) is 7.66. The zero-order valence-electron chi connectivity index (χ0n) is 14.8. The number of rotatable bonds is 6. The van der Waals surface area contributed by atoms with Gasteiger partial charge in [0.15, 0.2) is 0 Å². The summed E-state index contributed by atoms with van der Waals surface area (Å²) < 4.78 is 0. The summed E-state index contributed by atoms with van der Waals surface area (Å²) in [6.45, 7) is 1.76. The Hall–Kier alpha value is -1.55. The summed E-state index contributed by atoms with van der Waals surface area (Å²) in [5, 5.41) is 10.6. The van der Waals surface area contributed by atoms with E-state index >= 15 is 0 Å². The Balaban J connectivity index is 1.88. The first-order chi connectivity index (χ1) is 12.0. The van der Waals surface area contributed by atoms with Crippen LogP contribution in [0.4, 0.5) is 0 Å². The van der Waals surface area contributed by atoms with E-state index in [4.69, 9.17) is 17.3 Å². The number of nitrogens with two attached hydrogens (primary N) is 1. The lowest BCUT2D eigenvalue weighted by atomic mass is 9.74. The minimum absolute atomic E-state index is 0.0496. The molecule has 25 heavy (non-hydrogen) atoms. The Morgan fingerprint density at radius 2 is 1.96 bits per heavy atom. The minimum atomic E-state index is 0.0496. The smallest absolute Gasteiger partial charge is 0.115 e. The van der Waals surface area contributed by atoms with Gasteiger partial charge in [0, 0.05) is 10.6 Å². The fourth-order valence-electron chi connectivity index (χ4n) is 4.38. The van der Waals surface area contributed by atoms with Crippen LogP contribution in [0.1, 0.15) is 24.0 Å². The molecule has 0 saturated carbocycles. The van der Waals surface area contributed by atoms with Gasteiger partial charge in [0.25, 0.3) is 0 Å². The molecule has 0 amide bonds. The SMILES string of the molecule is CN1CC[C@H](Cc2cccc(O)c2)[C@@]1(CCN)Cc1ccc(Cl)cc1. The third-order valence-electron chi connectivity index (χ3n) is 5.73. The van der Waals surface area contributed by atoms with Crippen LogP contribution < -0.4 is 5.73 Å². The molecule has 1 aliphatic heterocycles. The van der Waals surface area contributed by atoms with Crippen molar-refractivity contribution in [1.82, 2.24) is 4.90 Å². The van der Waals surface area contributed by atoms with Crippen LogP contribution in [0.5, 0.6) is 5.75 Å². The van der Waals surface area contributed by atoms with Crippen molar-refractivity contribution in [1.29, 1.82) is 0 Å². The maximum absolute atomic E-state index is 9.79. The lowest BCUT2D eigenvalue weighted by molar-refractivity contribution is 0.118. The van der Waals surface area contributed by atoms with Gasteiger partial charge in [-0.25, -0.2) is 0 Å². The summed E-state index contributed by atoms with van der Waals surface area (Å²) in [5.41, 5.74) is 8.57. The van der Waals surface area contributed by atoms with E-state index in [-0.39, 0.29) is 5.54 Å². The number of likely N-dealkylation sites (tertiary alicyclic amines) is 1. The van der Waals surface area contributed by atoms with E-state index < -0.39 is 0 Å². The Bertz CT molecular complexity index is 703. The van der Waals surface area contributed by atoms with Crippen molar-refractivity contribution in [2.75, 3.05) is 20.1 Å². The summed E-state index contributed by atoms with van der Waals surface area (Å²) >= 11 is 6.05. The molecule has 1 heterocycles. The number of aromatic hydroxyl groups is 1. The van der Waals surface area contributed by atoms with E-state index in [0.29, 0.717) is 18.2 Å². The van der Waals surface area contributed by atoms with Gasteiger partial charge in [-0.05, 0) is 87.1 Å². The van der Waals surface area contributed by atoms with E-state index in [1.165, 1.54) is 11.1 Å². The molecule has 1 aliphatic rings. The van der Waals surface area contributed by atoms with Crippen molar-refractivity contribution in [3.8, 4) is 5.75 Å². The van der Waals surface area contributed by atoms with Gasteiger partial charge in [0.1, 0.15) is 5.75 Å². The highest BCUT2D eigenvalue weighted by Crippen LogP contribution is 2.41. The maximum Gasteiger partial charge on any atom is 0.115 e. The predicted octanol–water partition coefficient (Wildman–Crippen LogP) is 3.87. The molecule has 2 aromatic rings. The maximum atomic E-state index is 9.79. The molecule has 134 valence electrons. The Morgan fingerprint density at radius 1 is 1.20 bits per heavy atom. The summed E-state index contributed by atoms with van der Waals surface area (Å²) in [6, 6.07) is 15.8. The van der Waals surface area contributed by atoms with Crippen LogP contribution in [0.25, 0.3) is 0 Å². The van der Waals surface area contributed by atoms with E-state index in [9.17, 15) is 5.11 Å². The van der Waals surface area contributed by atoms with Crippen LogP contribution >= 0.6 is 11.6 Å². The largest absolute Gasteiger partial charge is 0.508 e. The molecule has 2 aromatic carbocycles. The van der Waals surface area contributed by atoms with Gasteiger partial charge in [0.2, 0.25) is 0 Å². The van der Waals surface area contributed by atoms with E-state index in [0.717, 1.165) is 37.3 Å². The summed E-state index contributed by atoms with van der Waals surface area (Å²) in [4.78, 5) is 2.49. The second kappa shape index (κ2) is 7.77. The van der Waals surface area contributed by atoms with Gasteiger partial charge in [-0.2, -0.15) is 0 Å². The fourth-order valence-corrected chi connectivity index (χ4v) is 4.51. The van der Waals surface area contributed by atoms with Crippen molar-refractivity contribution < 1.29 is 5.11 Å². The normalized spacial score (nSPS) is 23.9. The second-order valence-electron chi connectivity index (χ2n) is 7.23. The average molecular weight is 359 g/mol. The van der Waals surface area contributed by atoms with Gasteiger partial charge < -0.3 is 15.7 Å². The Morgan fingerprint density at radius 3 is 2.64 bits per heavy atom. The monoisotopic (exact) mass is 358 g/mol. The van der Waals surface area contributed by atoms with Crippen molar-refractivity contribution in [2.24, 2.45) is 11.7 Å². The van der Waals surface area contributed by atoms with Gasteiger partial charge in [-0.1, -0.05) is 35.9 Å². The lowest BCUT2D eigenvalue weighted by Crippen LogP contribution is -2.50. The number of hydrogen-bond acceptors (Lipinski definition) is 3. The Labute approximate surface area is 155 Å². The first-order valence-corrected chi connectivity index (χ1v) is 9.35. The summed E-state index contributed by atoms with van der Waals surface area (Å²) in [5.74, 6) is 0.851. The molecule has 0 unspecified atom stereocenters. The molecule has 0 spiro atoms. The van der Waals surface area contributed by atoms with Crippen molar-refractivity contribution in [3.63, 3.8) is 0 Å². The molecular formula is C21H27ClN2O.